The van der Waals surface area contributed by atoms with E-state index in [-0.39, 0.29) is 5.54 Å². The fourth-order valence-corrected chi connectivity index (χ4v) is 2.86. The minimum atomic E-state index is 0.105. The highest BCUT2D eigenvalue weighted by Gasteiger charge is 2.51. The Kier molecular flexibility index (Phi) is 4.03. The van der Waals surface area contributed by atoms with E-state index >= 15 is 0 Å². The number of nitrogens with zero attached hydrogens (tertiary/aromatic N) is 2. The van der Waals surface area contributed by atoms with Gasteiger partial charge in [-0.3, -0.25) is 4.90 Å². The van der Waals surface area contributed by atoms with E-state index in [2.05, 4.69) is 70.4 Å². The van der Waals surface area contributed by atoms with Crippen molar-refractivity contribution < 1.29 is 0 Å². The van der Waals surface area contributed by atoms with Gasteiger partial charge in [-0.05, 0) is 24.0 Å². The quantitative estimate of drug-likeness (QED) is 0.719. The highest BCUT2D eigenvalue weighted by Crippen LogP contribution is 2.43. The van der Waals surface area contributed by atoms with Crippen LogP contribution in [0.1, 0.15) is 24.0 Å². The highest BCUT2D eigenvalue weighted by atomic mass is 15.2. The van der Waals surface area contributed by atoms with E-state index in [1.54, 1.807) is 0 Å². The maximum absolute atomic E-state index is 7.25. The molecule has 2 aromatic carbocycles. The fourth-order valence-electron chi connectivity index (χ4n) is 2.86. The van der Waals surface area contributed by atoms with Gasteiger partial charge in [0, 0.05) is 13.1 Å². The van der Waals surface area contributed by atoms with Gasteiger partial charge in [-0.2, -0.15) is 0 Å². The van der Waals surface area contributed by atoms with Crippen molar-refractivity contribution in [1.29, 1.82) is 0 Å². The first-order valence-corrected chi connectivity index (χ1v) is 7.49. The summed E-state index contributed by atoms with van der Waals surface area (Å²) in [4.78, 5) is 6.18. The number of hydrogen-bond acceptors (Lipinski definition) is 1. The first-order valence-electron chi connectivity index (χ1n) is 7.49. The molecule has 0 aliphatic heterocycles. The summed E-state index contributed by atoms with van der Waals surface area (Å²) in [5, 5.41) is 0. The van der Waals surface area contributed by atoms with E-state index in [0.29, 0.717) is 6.54 Å². The minimum Gasteiger partial charge on any atom is -0.315 e. The van der Waals surface area contributed by atoms with Crippen LogP contribution >= 0.6 is 0 Å². The van der Waals surface area contributed by atoms with Crippen LogP contribution in [0.4, 0.5) is 0 Å². The summed E-state index contributed by atoms with van der Waals surface area (Å²) < 4.78 is 0. The highest BCUT2D eigenvalue weighted by molar-refractivity contribution is 5.20. The topological polar surface area (TPSA) is 7.60 Å². The molecule has 3 rings (SSSR count). The zero-order valence-electron chi connectivity index (χ0n) is 12.2. The molecule has 2 heteroatoms. The van der Waals surface area contributed by atoms with Gasteiger partial charge in [0.2, 0.25) is 6.54 Å². The Labute approximate surface area is 126 Å². The van der Waals surface area contributed by atoms with Crippen LogP contribution in [0.2, 0.25) is 0 Å². The summed E-state index contributed by atoms with van der Waals surface area (Å²) in [5.74, 6) is 0. The van der Waals surface area contributed by atoms with Gasteiger partial charge < -0.3 is 4.85 Å². The molecule has 0 bridgehead atoms. The standard InChI is InChI=1S/C19H20N2/c1-20-16-19(12-13-19)21(14-17-8-4-2-5-9-17)15-18-10-6-3-7-11-18/h2-11H,12-16H2. The SMILES string of the molecule is [C-]#[N+]CC1(N(Cc2ccccc2)Cc2ccccc2)CC1. The Balaban J connectivity index is 1.80. The van der Waals surface area contributed by atoms with Crippen molar-refractivity contribution in [2.45, 2.75) is 31.5 Å². The van der Waals surface area contributed by atoms with E-state index in [0.717, 1.165) is 25.9 Å². The predicted molar refractivity (Wildman–Crippen MR) is 85.6 cm³/mol. The molecule has 1 fully saturated rings. The molecule has 0 unspecified atom stereocenters. The van der Waals surface area contributed by atoms with E-state index in [1.165, 1.54) is 11.1 Å². The molecule has 2 aromatic rings. The summed E-state index contributed by atoms with van der Waals surface area (Å²) in [6, 6.07) is 21.1. The van der Waals surface area contributed by atoms with Gasteiger partial charge in [0.15, 0.2) is 0 Å². The average molecular weight is 276 g/mol. The van der Waals surface area contributed by atoms with Crippen molar-refractivity contribution >= 4 is 0 Å². The van der Waals surface area contributed by atoms with Gasteiger partial charge in [0.05, 0.1) is 5.54 Å². The first kappa shape index (κ1) is 13.9. The second-order valence-electron chi connectivity index (χ2n) is 5.87. The van der Waals surface area contributed by atoms with E-state index in [4.69, 9.17) is 6.57 Å². The van der Waals surface area contributed by atoms with Crippen molar-refractivity contribution in [3.05, 3.63) is 83.2 Å². The summed E-state index contributed by atoms with van der Waals surface area (Å²) in [6.07, 6.45) is 2.30. The van der Waals surface area contributed by atoms with Gasteiger partial charge in [-0.15, -0.1) is 0 Å². The Bertz CT molecular complexity index is 568. The molecule has 1 aliphatic carbocycles. The van der Waals surface area contributed by atoms with Crippen LogP contribution in [0, 0.1) is 6.57 Å². The third kappa shape index (κ3) is 3.32. The third-order valence-corrected chi connectivity index (χ3v) is 4.30. The molecule has 106 valence electrons. The molecule has 1 aliphatic rings. The lowest BCUT2D eigenvalue weighted by Gasteiger charge is -2.29. The van der Waals surface area contributed by atoms with Crippen molar-refractivity contribution in [1.82, 2.24) is 4.90 Å². The van der Waals surface area contributed by atoms with Gasteiger partial charge >= 0.3 is 0 Å². The number of benzene rings is 2. The summed E-state index contributed by atoms with van der Waals surface area (Å²) >= 11 is 0. The Morgan fingerprint density at radius 1 is 0.857 bits per heavy atom. The molecule has 0 radical (unpaired) electrons. The Morgan fingerprint density at radius 2 is 1.33 bits per heavy atom. The number of hydrogen-bond donors (Lipinski definition) is 0. The minimum absolute atomic E-state index is 0.105. The molecule has 0 aromatic heterocycles. The lowest BCUT2D eigenvalue weighted by Crippen LogP contribution is -2.38. The lowest BCUT2D eigenvalue weighted by molar-refractivity contribution is 0.169. The smallest absolute Gasteiger partial charge is 0.232 e. The maximum atomic E-state index is 7.25. The molecule has 0 N–H and O–H groups in total. The molecular formula is C19H20N2. The van der Waals surface area contributed by atoms with Crippen LogP contribution in [-0.2, 0) is 13.1 Å². The lowest BCUT2D eigenvalue weighted by atomic mass is 10.1. The molecule has 0 saturated heterocycles. The normalized spacial score (nSPS) is 15.6. The maximum Gasteiger partial charge on any atom is 0.232 e. The van der Waals surface area contributed by atoms with E-state index in [9.17, 15) is 0 Å². The van der Waals surface area contributed by atoms with Crippen LogP contribution in [0.3, 0.4) is 0 Å². The molecule has 0 amide bonds. The second kappa shape index (κ2) is 6.11. The number of rotatable bonds is 6. The zero-order valence-corrected chi connectivity index (χ0v) is 12.2. The van der Waals surface area contributed by atoms with Crippen molar-refractivity contribution in [3.8, 4) is 0 Å². The van der Waals surface area contributed by atoms with Gasteiger partial charge in [-0.1, -0.05) is 60.7 Å². The molecule has 2 nitrogen and oxygen atoms in total. The Morgan fingerprint density at radius 3 is 1.71 bits per heavy atom. The zero-order chi connectivity index (χ0) is 14.5. The molecule has 0 spiro atoms. The monoisotopic (exact) mass is 276 g/mol. The van der Waals surface area contributed by atoms with Crippen LogP contribution < -0.4 is 0 Å². The molecular weight excluding hydrogens is 256 g/mol. The van der Waals surface area contributed by atoms with Gasteiger partial charge in [0.1, 0.15) is 0 Å². The third-order valence-electron chi connectivity index (χ3n) is 4.30. The summed E-state index contributed by atoms with van der Waals surface area (Å²) in [7, 11) is 0. The largest absolute Gasteiger partial charge is 0.315 e. The molecule has 21 heavy (non-hydrogen) atoms. The summed E-state index contributed by atoms with van der Waals surface area (Å²) in [5.41, 5.74) is 2.75. The first-order chi connectivity index (χ1) is 10.3. The van der Waals surface area contributed by atoms with Crippen molar-refractivity contribution in [2.75, 3.05) is 6.54 Å². The van der Waals surface area contributed by atoms with Crippen molar-refractivity contribution in [3.63, 3.8) is 0 Å². The van der Waals surface area contributed by atoms with Gasteiger partial charge in [0.25, 0.3) is 0 Å². The Hall–Kier alpha value is -2.11. The van der Waals surface area contributed by atoms with E-state index in [1.807, 2.05) is 0 Å². The molecule has 1 saturated carbocycles. The fraction of sp³-hybridized carbons (Fsp3) is 0.316. The average Bonchev–Trinajstić information content (AvgIpc) is 3.30. The van der Waals surface area contributed by atoms with Gasteiger partial charge in [-0.25, -0.2) is 6.57 Å². The van der Waals surface area contributed by atoms with Crippen molar-refractivity contribution in [2.24, 2.45) is 0 Å². The molecule has 0 heterocycles. The van der Waals surface area contributed by atoms with E-state index < -0.39 is 0 Å². The molecule has 0 atom stereocenters. The van der Waals surface area contributed by atoms with Crippen LogP contribution in [-0.4, -0.2) is 17.0 Å². The summed E-state index contributed by atoms with van der Waals surface area (Å²) in [6.45, 7) is 9.71. The second-order valence-corrected chi connectivity index (χ2v) is 5.87. The van der Waals surface area contributed by atoms with Crippen LogP contribution in [0.25, 0.3) is 4.85 Å². The van der Waals surface area contributed by atoms with Crippen LogP contribution in [0.5, 0.6) is 0 Å². The predicted octanol–water partition coefficient (Wildman–Crippen LogP) is 4.14. The van der Waals surface area contributed by atoms with Crippen LogP contribution in [0.15, 0.2) is 60.7 Å².